The summed E-state index contributed by atoms with van der Waals surface area (Å²) in [6.45, 7) is 13.0. The number of hydrogen-bond acceptors (Lipinski definition) is 8. The second kappa shape index (κ2) is 31.7. The van der Waals surface area contributed by atoms with E-state index in [2.05, 4.69) is 38.1 Å². The van der Waals surface area contributed by atoms with Gasteiger partial charge in [-0.25, -0.2) is 0 Å². The number of rotatable bonds is 33. The molecule has 1 rings (SSSR count). The Labute approximate surface area is 250 Å². The normalized spacial score (nSPS) is 11.4. The summed E-state index contributed by atoms with van der Waals surface area (Å²) in [6.07, 6.45) is 12.8. The summed E-state index contributed by atoms with van der Waals surface area (Å²) < 4.78 is 44.2. The Morgan fingerprint density at radius 3 is 1.17 bits per heavy atom. The van der Waals surface area contributed by atoms with Crippen molar-refractivity contribution in [3.63, 3.8) is 0 Å². The van der Waals surface area contributed by atoms with Gasteiger partial charge in [0.15, 0.2) is 0 Å². The van der Waals surface area contributed by atoms with Crippen LogP contribution in [0.3, 0.4) is 0 Å². The van der Waals surface area contributed by atoms with Crippen LogP contribution in [0.4, 0.5) is 0 Å². The Morgan fingerprint density at radius 1 is 0.366 bits per heavy atom. The van der Waals surface area contributed by atoms with E-state index < -0.39 is 0 Å². The van der Waals surface area contributed by atoms with Crippen molar-refractivity contribution in [3.05, 3.63) is 29.8 Å². The van der Waals surface area contributed by atoms with Crippen LogP contribution in [0.25, 0.3) is 0 Å². The molecule has 0 N–H and O–H groups in total. The highest BCUT2D eigenvalue weighted by Gasteiger charge is 1.99. The number of hydrogen-bond donors (Lipinski definition) is 0. The number of unbranched alkanes of at least 4 members (excludes halogenated alkanes) is 7. The van der Waals surface area contributed by atoms with Crippen molar-refractivity contribution < 1.29 is 37.9 Å². The molecule has 0 aliphatic carbocycles. The second-order valence-electron chi connectivity index (χ2n) is 10.0. The molecular formula is C33H60O8. The van der Waals surface area contributed by atoms with Crippen LogP contribution < -0.4 is 4.74 Å². The Hall–Kier alpha value is -1.26. The molecule has 240 valence electrons. The van der Waals surface area contributed by atoms with Gasteiger partial charge < -0.3 is 37.9 Å². The predicted molar refractivity (Wildman–Crippen MR) is 164 cm³/mol. The highest BCUT2D eigenvalue weighted by Crippen LogP contribution is 2.15. The SMILES string of the molecule is CCCCCCCCCc1ccc(OCCOCCOCCOCCOCCOCCOCCOCCCC)cc1. The molecular weight excluding hydrogens is 524 g/mol. The molecule has 41 heavy (non-hydrogen) atoms. The molecule has 0 aliphatic rings. The zero-order valence-electron chi connectivity index (χ0n) is 26.3. The molecule has 0 fully saturated rings. The van der Waals surface area contributed by atoms with Gasteiger partial charge in [0.1, 0.15) is 12.4 Å². The van der Waals surface area contributed by atoms with Gasteiger partial charge >= 0.3 is 0 Å². The highest BCUT2D eigenvalue weighted by molar-refractivity contribution is 5.27. The highest BCUT2D eigenvalue weighted by atomic mass is 16.6. The first-order valence-corrected chi connectivity index (χ1v) is 16.1. The van der Waals surface area contributed by atoms with E-state index in [0.717, 1.165) is 31.6 Å². The largest absolute Gasteiger partial charge is 0.491 e. The molecule has 0 heterocycles. The van der Waals surface area contributed by atoms with E-state index in [4.69, 9.17) is 37.9 Å². The molecule has 1 aromatic rings. The average molecular weight is 585 g/mol. The van der Waals surface area contributed by atoms with Crippen molar-refractivity contribution in [3.8, 4) is 5.75 Å². The van der Waals surface area contributed by atoms with Crippen LogP contribution in [-0.4, -0.2) is 99.1 Å². The average Bonchev–Trinajstić information content (AvgIpc) is 2.99. The summed E-state index contributed by atoms with van der Waals surface area (Å²) in [7, 11) is 0. The maximum absolute atomic E-state index is 5.77. The summed E-state index contributed by atoms with van der Waals surface area (Å²) >= 11 is 0. The third kappa shape index (κ3) is 27.3. The van der Waals surface area contributed by atoms with Crippen LogP contribution in [0.15, 0.2) is 24.3 Å². The van der Waals surface area contributed by atoms with E-state index in [1.165, 1.54) is 50.5 Å². The van der Waals surface area contributed by atoms with E-state index in [9.17, 15) is 0 Å². The van der Waals surface area contributed by atoms with Gasteiger partial charge in [0, 0.05) is 6.61 Å². The molecule has 0 aromatic heterocycles. The van der Waals surface area contributed by atoms with Crippen LogP contribution >= 0.6 is 0 Å². The molecule has 8 heteroatoms. The summed E-state index contributed by atoms with van der Waals surface area (Å²) in [5, 5.41) is 0. The van der Waals surface area contributed by atoms with E-state index in [0.29, 0.717) is 92.5 Å². The number of benzene rings is 1. The molecule has 0 bridgehead atoms. The quantitative estimate of drug-likeness (QED) is 0.0895. The molecule has 0 atom stereocenters. The summed E-state index contributed by atoms with van der Waals surface area (Å²) in [5.41, 5.74) is 1.39. The maximum atomic E-state index is 5.77. The predicted octanol–water partition coefficient (Wildman–Crippen LogP) is 6.27. The van der Waals surface area contributed by atoms with Crippen LogP contribution in [0, 0.1) is 0 Å². The standard InChI is InChI=1S/C33H60O8/c1-3-5-7-8-9-10-11-12-32-13-15-33(16-14-32)41-31-30-40-29-28-39-27-26-38-25-24-37-23-22-36-21-20-35-19-18-34-17-6-4-2/h13-16H,3-12,17-31H2,1-2H3. The van der Waals surface area contributed by atoms with Crippen LogP contribution in [0.5, 0.6) is 5.75 Å². The molecule has 0 amide bonds. The monoisotopic (exact) mass is 584 g/mol. The molecule has 0 saturated heterocycles. The van der Waals surface area contributed by atoms with Crippen molar-refractivity contribution >= 4 is 0 Å². The Morgan fingerprint density at radius 2 is 0.732 bits per heavy atom. The first-order valence-electron chi connectivity index (χ1n) is 16.1. The van der Waals surface area contributed by atoms with E-state index in [1.54, 1.807) is 0 Å². The van der Waals surface area contributed by atoms with Crippen molar-refractivity contribution in [2.45, 2.75) is 78.1 Å². The Kier molecular flexibility index (Phi) is 29.2. The smallest absolute Gasteiger partial charge is 0.119 e. The third-order valence-electron chi connectivity index (χ3n) is 6.36. The lowest BCUT2D eigenvalue weighted by molar-refractivity contribution is -0.0212. The Bertz CT molecular complexity index is 628. The fourth-order valence-electron chi connectivity index (χ4n) is 3.92. The van der Waals surface area contributed by atoms with Gasteiger partial charge in [-0.15, -0.1) is 0 Å². The maximum Gasteiger partial charge on any atom is 0.119 e. The first kappa shape index (κ1) is 37.8. The summed E-state index contributed by atoms with van der Waals surface area (Å²) in [6, 6.07) is 8.47. The lowest BCUT2D eigenvalue weighted by Crippen LogP contribution is -2.15. The zero-order chi connectivity index (χ0) is 29.3. The minimum atomic E-state index is 0.535. The van der Waals surface area contributed by atoms with Gasteiger partial charge in [0.05, 0.1) is 85.9 Å². The van der Waals surface area contributed by atoms with Crippen LogP contribution in [-0.2, 0) is 39.6 Å². The third-order valence-corrected chi connectivity index (χ3v) is 6.36. The molecule has 0 spiro atoms. The van der Waals surface area contributed by atoms with Gasteiger partial charge in [0.25, 0.3) is 0 Å². The van der Waals surface area contributed by atoms with Gasteiger partial charge in [-0.05, 0) is 37.0 Å². The minimum Gasteiger partial charge on any atom is -0.491 e. The van der Waals surface area contributed by atoms with Crippen LogP contribution in [0.1, 0.15) is 77.2 Å². The molecule has 8 nitrogen and oxygen atoms in total. The lowest BCUT2D eigenvalue weighted by Gasteiger charge is -2.09. The van der Waals surface area contributed by atoms with Crippen molar-refractivity contribution in [2.75, 3.05) is 99.1 Å². The molecule has 1 aromatic carbocycles. The second-order valence-corrected chi connectivity index (χ2v) is 10.0. The van der Waals surface area contributed by atoms with Crippen molar-refractivity contribution in [1.29, 1.82) is 0 Å². The molecule has 0 saturated carbocycles. The van der Waals surface area contributed by atoms with Gasteiger partial charge in [-0.1, -0.05) is 70.9 Å². The van der Waals surface area contributed by atoms with Crippen molar-refractivity contribution in [1.82, 2.24) is 0 Å². The number of ether oxygens (including phenoxy) is 8. The fourth-order valence-corrected chi connectivity index (χ4v) is 3.92. The topological polar surface area (TPSA) is 73.8 Å². The van der Waals surface area contributed by atoms with Gasteiger partial charge in [-0.2, -0.15) is 0 Å². The molecule has 0 radical (unpaired) electrons. The van der Waals surface area contributed by atoms with Crippen molar-refractivity contribution in [2.24, 2.45) is 0 Å². The number of aryl methyl sites for hydroxylation is 1. The van der Waals surface area contributed by atoms with Crippen LogP contribution in [0.2, 0.25) is 0 Å². The zero-order valence-corrected chi connectivity index (χ0v) is 26.3. The Balaban J connectivity index is 1.75. The summed E-state index contributed by atoms with van der Waals surface area (Å²) in [4.78, 5) is 0. The van der Waals surface area contributed by atoms with E-state index in [1.807, 2.05) is 0 Å². The van der Waals surface area contributed by atoms with E-state index >= 15 is 0 Å². The van der Waals surface area contributed by atoms with Gasteiger partial charge in [0.2, 0.25) is 0 Å². The van der Waals surface area contributed by atoms with E-state index in [-0.39, 0.29) is 0 Å². The first-order chi connectivity index (χ1) is 20.4. The molecule has 0 unspecified atom stereocenters. The fraction of sp³-hybridized carbons (Fsp3) is 0.818. The minimum absolute atomic E-state index is 0.535. The van der Waals surface area contributed by atoms with Gasteiger partial charge in [-0.3, -0.25) is 0 Å². The molecule has 0 aliphatic heterocycles. The lowest BCUT2D eigenvalue weighted by atomic mass is 10.0. The summed E-state index contributed by atoms with van der Waals surface area (Å²) in [5.74, 6) is 0.895.